The first-order valence-electron chi connectivity index (χ1n) is 8.50. The molecule has 2 atom stereocenters. The number of carbonyl (C=O) groups is 1. The van der Waals surface area contributed by atoms with Crippen LogP contribution in [0.4, 0.5) is 5.69 Å². The molecule has 25 heavy (non-hydrogen) atoms. The molecular weight excluding hydrogens is 338 g/mol. The molecule has 2 aromatic carbocycles. The van der Waals surface area contributed by atoms with Gasteiger partial charge >= 0.3 is 0 Å². The second-order valence-corrected chi connectivity index (χ2v) is 6.85. The molecule has 2 unspecified atom stereocenters. The maximum atomic E-state index is 11.9. The van der Waals surface area contributed by atoms with Crippen LogP contribution in [0, 0.1) is 0 Å². The number of piperidine rings is 1. The Bertz CT molecular complexity index is 811. The number of ether oxygens (including phenoxy) is 1. The van der Waals surface area contributed by atoms with Crippen molar-refractivity contribution in [2.45, 2.75) is 24.9 Å². The average Bonchev–Trinajstić information content (AvgIpc) is 2.77. The third-order valence-electron chi connectivity index (χ3n) is 4.85. The standard InChI is InChI=1S/C19H20ClN3O2/c20-12-7-8-17-15(10-12)23-9-3-5-14(22-18(24)11-21)19(23)13-4-1-2-6-16(13)25-17/h1-2,4,6-8,10,14,19H,3,5,9,11,21H2,(H,22,24). The van der Waals surface area contributed by atoms with E-state index in [1.807, 2.05) is 36.4 Å². The van der Waals surface area contributed by atoms with E-state index in [1.54, 1.807) is 0 Å². The van der Waals surface area contributed by atoms with Crippen LogP contribution in [0.2, 0.25) is 5.02 Å². The number of rotatable bonds is 2. The Morgan fingerprint density at radius 2 is 2.12 bits per heavy atom. The van der Waals surface area contributed by atoms with Crippen molar-refractivity contribution in [1.29, 1.82) is 0 Å². The molecule has 0 bridgehead atoms. The summed E-state index contributed by atoms with van der Waals surface area (Å²) in [6.45, 7) is 0.870. The molecule has 0 saturated carbocycles. The summed E-state index contributed by atoms with van der Waals surface area (Å²) in [4.78, 5) is 14.2. The number of fused-ring (bicyclic) bond motifs is 5. The number of nitrogens with two attached hydrogens (primary N) is 1. The molecule has 0 aromatic heterocycles. The highest BCUT2D eigenvalue weighted by Gasteiger charge is 2.38. The first-order valence-corrected chi connectivity index (χ1v) is 8.87. The van der Waals surface area contributed by atoms with E-state index < -0.39 is 0 Å². The minimum atomic E-state index is -0.138. The summed E-state index contributed by atoms with van der Waals surface area (Å²) in [6, 6.07) is 13.6. The number of nitrogens with one attached hydrogen (secondary N) is 1. The third kappa shape index (κ3) is 2.94. The van der Waals surface area contributed by atoms with Crippen molar-refractivity contribution in [3.63, 3.8) is 0 Å². The van der Waals surface area contributed by atoms with Crippen LogP contribution in [0.3, 0.4) is 0 Å². The van der Waals surface area contributed by atoms with Crippen LogP contribution in [-0.4, -0.2) is 25.0 Å². The fraction of sp³-hybridized carbons (Fsp3) is 0.316. The van der Waals surface area contributed by atoms with E-state index in [2.05, 4.69) is 16.3 Å². The zero-order chi connectivity index (χ0) is 17.4. The van der Waals surface area contributed by atoms with Gasteiger partial charge in [-0.2, -0.15) is 0 Å². The monoisotopic (exact) mass is 357 g/mol. The average molecular weight is 358 g/mol. The van der Waals surface area contributed by atoms with Gasteiger partial charge in [-0.05, 0) is 37.1 Å². The molecule has 0 spiro atoms. The van der Waals surface area contributed by atoms with Crippen molar-refractivity contribution in [3.8, 4) is 11.5 Å². The van der Waals surface area contributed by atoms with Gasteiger partial charge in [-0.1, -0.05) is 29.8 Å². The molecule has 5 nitrogen and oxygen atoms in total. The highest BCUT2D eigenvalue weighted by molar-refractivity contribution is 6.31. The Hall–Kier alpha value is -2.24. The number of benzene rings is 2. The lowest BCUT2D eigenvalue weighted by Gasteiger charge is -2.42. The maximum absolute atomic E-state index is 11.9. The van der Waals surface area contributed by atoms with Gasteiger partial charge in [0, 0.05) is 17.1 Å². The van der Waals surface area contributed by atoms with Crippen molar-refractivity contribution in [3.05, 3.63) is 53.1 Å². The Labute approximate surface area is 151 Å². The molecule has 2 aliphatic rings. The Morgan fingerprint density at radius 1 is 1.28 bits per heavy atom. The maximum Gasteiger partial charge on any atom is 0.234 e. The first kappa shape index (κ1) is 16.2. The van der Waals surface area contributed by atoms with Crippen molar-refractivity contribution in [2.24, 2.45) is 5.73 Å². The van der Waals surface area contributed by atoms with Gasteiger partial charge in [0.15, 0.2) is 5.75 Å². The number of carbonyl (C=O) groups excluding carboxylic acids is 1. The fourth-order valence-corrected chi connectivity index (χ4v) is 3.97. The zero-order valence-electron chi connectivity index (χ0n) is 13.7. The predicted molar refractivity (Wildman–Crippen MR) is 98.3 cm³/mol. The number of hydrogen-bond acceptors (Lipinski definition) is 4. The Morgan fingerprint density at radius 3 is 2.96 bits per heavy atom. The molecule has 3 N–H and O–H groups in total. The summed E-state index contributed by atoms with van der Waals surface area (Å²) in [7, 11) is 0. The van der Waals surface area contributed by atoms with Crippen molar-refractivity contribution in [1.82, 2.24) is 5.32 Å². The number of anilines is 1. The van der Waals surface area contributed by atoms with Crippen molar-refractivity contribution in [2.75, 3.05) is 18.0 Å². The van der Waals surface area contributed by atoms with E-state index >= 15 is 0 Å². The van der Waals surface area contributed by atoms with E-state index in [0.717, 1.165) is 42.1 Å². The van der Waals surface area contributed by atoms with Crippen LogP contribution in [0.1, 0.15) is 24.4 Å². The van der Waals surface area contributed by atoms with E-state index in [0.29, 0.717) is 5.02 Å². The normalized spacial score (nSPS) is 21.3. The van der Waals surface area contributed by atoms with Crippen LogP contribution in [0.15, 0.2) is 42.5 Å². The molecule has 2 aliphatic heterocycles. The SMILES string of the molecule is NCC(=O)NC1CCCN2c3cc(Cl)ccc3Oc3ccccc3C12. The van der Waals surface area contributed by atoms with Crippen molar-refractivity contribution >= 4 is 23.2 Å². The lowest BCUT2D eigenvalue weighted by Crippen LogP contribution is -2.51. The highest BCUT2D eigenvalue weighted by atomic mass is 35.5. The predicted octanol–water partition coefficient (Wildman–Crippen LogP) is 3.23. The molecule has 0 aliphatic carbocycles. The number of halogens is 1. The molecule has 1 amide bonds. The Kier molecular flexibility index (Phi) is 4.27. The summed E-state index contributed by atoms with van der Waals surface area (Å²) in [5.74, 6) is 1.46. The largest absolute Gasteiger partial charge is 0.455 e. The first-order chi connectivity index (χ1) is 12.2. The molecule has 1 saturated heterocycles. The molecule has 130 valence electrons. The zero-order valence-corrected chi connectivity index (χ0v) is 14.5. The van der Waals surface area contributed by atoms with Gasteiger partial charge in [0.1, 0.15) is 5.75 Å². The van der Waals surface area contributed by atoms with Crippen LogP contribution in [-0.2, 0) is 4.79 Å². The summed E-state index contributed by atoms with van der Waals surface area (Å²) in [5, 5.41) is 3.75. The summed E-state index contributed by atoms with van der Waals surface area (Å²) >= 11 is 6.25. The van der Waals surface area contributed by atoms with Gasteiger partial charge in [-0.3, -0.25) is 4.79 Å². The quantitative estimate of drug-likeness (QED) is 0.865. The van der Waals surface area contributed by atoms with E-state index in [-0.39, 0.29) is 24.5 Å². The smallest absolute Gasteiger partial charge is 0.234 e. The molecule has 2 heterocycles. The van der Waals surface area contributed by atoms with Gasteiger partial charge in [0.05, 0.1) is 24.3 Å². The number of nitrogens with zero attached hydrogens (tertiary/aromatic N) is 1. The molecule has 6 heteroatoms. The fourth-order valence-electron chi connectivity index (χ4n) is 3.81. The van der Waals surface area contributed by atoms with E-state index in [4.69, 9.17) is 22.1 Å². The lowest BCUT2D eigenvalue weighted by molar-refractivity contribution is -0.120. The lowest BCUT2D eigenvalue weighted by atomic mass is 9.89. The second kappa shape index (κ2) is 6.58. The van der Waals surface area contributed by atoms with Crippen LogP contribution in [0.25, 0.3) is 0 Å². The van der Waals surface area contributed by atoms with Crippen LogP contribution in [0.5, 0.6) is 11.5 Å². The summed E-state index contributed by atoms with van der Waals surface area (Å²) in [6.07, 6.45) is 1.87. The third-order valence-corrected chi connectivity index (χ3v) is 5.09. The number of para-hydroxylation sites is 1. The number of amides is 1. The molecular formula is C19H20ClN3O2. The Balaban J connectivity index is 1.85. The molecule has 2 aromatic rings. The van der Waals surface area contributed by atoms with E-state index in [9.17, 15) is 4.79 Å². The topological polar surface area (TPSA) is 67.6 Å². The number of hydrogen-bond donors (Lipinski definition) is 2. The van der Waals surface area contributed by atoms with Crippen LogP contribution >= 0.6 is 11.6 Å². The van der Waals surface area contributed by atoms with Gasteiger partial charge < -0.3 is 20.7 Å². The van der Waals surface area contributed by atoms with Gasteiger partial charge in [-0.15, -0.1) is 0 Å². The highest BCUT2D eigenvalue weighted by Crippen LogP contribution is 2.48. The van der Waals surface area contributed by atoms with E-state index in [1.165, 1.54) is 0 Å². The summed E-state index contributed by atoms with van der Waals surface area (Å²) < 4.78 is 6.19. The van der Waals surface area contributed by atoms with Gasteiger partial charge in [0.2, 0.25) is 5.91 Å². The minimum Gasteiger partial charge on any atom is -0.455 e. The van der Waals surface area contributed by atoms with Crippen molar-refractivity contribution < 1.29 is 9.53 Å². The van der Waals surface area contributed by atoms with Gasteiger partial charge in [-0.25, -0.2) is 0 Å². The minimum absolute atomic E-state index is 0.0101. The molecule has 4 rings (SSSR count). The van der Waals surface area contributed by atoms with Gasteiger partial charge in [0.25, 0.3) is 0 Å². The summed E-state index contributed by atoms with van der Waals surface area (Å²) in [5.41, 5.74) is 7.54. The second-order valence-electron chi connectivity index (χ2n) is 6.41. The van der Waals surface area contributed by atoms with Crippen LogP contribution < -0.4 is 20.7 Å². The molecule has 0 radical (unpaired) electrons. The molecule has 1 fully saturated rings.